The molecular weight excluding hydrogens is 182 g/mol. The van der Waals surface area contributed by atoms with Gasteiger partial charge in [-0.15, -0.1) is 0 Å². The predicted molar refractivity (Wildman–Crippen MR) is 55.0 cm³/mol. The van der Waals surface area contributed by atoms with E-state index in [9.17, 15) is 4.79 Å². The number of unbranched alkanes of at least 4 members (excludes halogenated alkanes) is 3. The molecule has 0 aromatic carbocycles. The second-order valence-electron chi connectivity index (χ2n) is 3.54. The highest BCUT2D eigenvalue weighted by Gasteiger charge is 2.15. The van der Waals surface area contributed by atoms with Crippen LogP contribution in [0.2, 0.25) is 0 Å². The maximum atomic E-state index is 10.7. The number of carboxylic acids is 1. The van der Waals surface area contributed by atoms with Gasteiger partial charge in [-0.1, -0.05) is 19.3 Å². The fraction of sp³-hybridized carbons (Fsp3) is 0.900. The maximum absolute atomic E-state index is 10.7. The van der Waals surface area contributed by atoms with Crippen molar-refractivity contribution in [3.63, 3.8) is 0 Å². The summed E-state index contributed by atoms with van der Waals surface area (Å²) in [6, 6.07) is 0. The number of carboxylic acid groups (broad SMARTS) is 1. The number of aliphatic hydroxyl groups excluding tert-OH is 1. The van der Waals surface area contributed by atoms with Crippen LogP contribution < -0.4 is 5.73 Å². The third-order valence-electron chi connectivity index (χ3n) is 2.33. The smallest absolute Gasteiger partial charge is 0.306 e. The van der Waals surface area contributed by atoms with Crippen molar-refractivity contribution < 1.29 is 15.0 Å². The van der Waals surface area contributed by atoms with Gasteiger partial charge in [-0.3, -0.25) is 4.79 Å². The molecule has 0 radical (unpaired) electrons. The van der Waals surface area contributed by atoms with E-state index in [1.54, 1.807) is 0 Å². The van der Waals surface area contributed by atoms with Gasteiger partial charge in [0.05, 0.1) is 5.92 Å². The van der Waals surface area contributed by atoms with Crippen molar-refractivity contribution in [3.8, 4) is 0 Å². The number of aliphatic hydroxyl groups is 1. The molecule has 0 aliphatic heterocycles. The van der Waals surface area contributed by atoms with Crippen LogP contribution in [0.1, 0.15) is 38.5 Å². The van der Waals surface area contributed by atoms with E-state index in [0.717, 1.165) is 25.7 Å². The average molecular weight is 203 g/mol. The molecule has 0 amide bonds. The Bertz CT molecular complexity index is 150. The van der Waals surface area contributed by atoms with Gasteiger partial charge in [-0.05, 0) is 25.8 Å². The zero-order chi connectivity index (χ0) is 10.8. The molecule has 0 aromatic rings. The highest BCUT2D eigenvalue weighted by atomic mass is 16.4. The Hall–Kier alpha value is -0.610. The molecular formula is C10H21NO3. The third-order valence-corrected chi connectivity index (χ3v) is 2.33. The Morgan fingerprint density at radius 3 is 2.29 bits per heavy atom. The van der Waals surface area contributed by atoms with Gasteiger partial charge in [-0.2, -0.15) is 0 Å². The first-order valence-electron chi connectivity index (χ1n) is 5.26. The first kappa shape index (κ1) is 13.4. The van der Waals surface area contributed by atoms with Gasteiger partial charge in [0.2, 0.25) is 0 Å². The van der Waals surface area contributed by atoms with E-state index >= 15 is 0 Å². The molecule has 4 heteroatoms. The lowest BCUT2D eigenvalue weighted by molar-refractivity contribution is -0.142. The van der Waals surface area contributed by atoms with E-state index in [2.05, 4.69) is 0 Å². The summed E-state index contributed by atoms with van der Waals surface area (Å²) in [6.07, 6.45) is 4.97. The fourth-order valence-corrected chi connectivity index (χ4v) is 1.45. The molecule has 0 spiro atoms. The van der Waals surface area contributed by atoms with Crippen LogP contribution in [0.25, 0.3) is 0 Å². The Morgan fingerprint density at radius 2 is 1.79 bits per heavy atom. The van der Waals surface area contributed by atoms with Gasteiger partial charge in [0.15, 0.2) is 0 Å². The molecule has 0 saturated carbocycles. The molecule has 1 atom stereocenters. The van der Waals surface area contributed by atoms with Crippen molar-refractivity contribution in [1.29, 1.82) is 0 Å². The van der Waals surface area contributed by atoms with E-state index < -0.39 is 5.97 Å². The van der Waals surface area contributed by atoms with Crippen LogP contribution in [0.5, 0.6) is 0 Å². The van der Waals surface area contributed by atoms with Crippen LogP contribution in [0, 0.1) is 5.92 Å². The minimum absolute atomic E-state index is 0.227. The first-order valence-corrected chi connectivity index (χ1v) is 5.26. The van der Waals surface area contributed by atoms with Crippen molar-refractivity contribution in [1.82, 2.24) is 0 Å². The second-order valence-corrected chi connectivity index (χ2v) is 3.54. The molecule has 0 rings (SSSR count). The van der Waals surface area contributed by atoms with Crippen molar-refractivity contribution in [2.24, 2.45) is 11.7 Å². The number of carbonyl (C=O) groups is 1. The van der Waals surface area contributed by atoms with Crippen LogP contribution in [0.15, 0.2) is 0 Å². The highest BCUT2D eigenvalue weighted by molar-refractivity contribution is 5.69. The fourth-order valence-electron chi connectivity index (χ4n) is 1.45. The molecule has 0 bridgehead atoms. The average Bonchev–Trinajstić information content (AvgIpc) is 2.15. The zero-order valence-electron chi connectivity index (χ0n) is 8.61. The summed E-state index contributed by atoms with van der Waals surface area (Å²) in [6.45, 7) is 0.665. The standard InChI is InChI=1S/C10H21NO3/c11-7-6-9(10(13)14)5-3-1-2-4-8-12/h9,12H,1-8,11H2,(H,13,14). The Labute approximate surface area is 85.1 Å². The van der Waals surface area contributed by atoms with Crippen LogP contribution in [-0.2, 0) is 4.79 Å². The van der Waals surface area contributed by atoms with E-state index in [-0.39, 0.29) is 12.5 Å². The zero-order valence-corrected chi connectivity index (χ0v) is 8.61. The Kier molecular flexibility index (Phi) is 8.57. The van der Waals surface area contributed by atoms with Crippen molar-refractivity contribution in [2.45, 2.75) is 38.5 Å². The molecule has 0 aliphatic rings. The van der Waals surface area contributed by atoms with Gasteiger partial charge in [0, 0.05) is 6.61 Å². The summed E-state index contributed by atoms with van der Waals surface area (Å²) in [5.41, 5.74) is 5.32. The van der Waals surface area contributed by atoms with Crippen LogP contribution in [0.4, 0.5) is 0 Å². The molecule has 0 saturated heterocycles. The first-order chi connectivity index (χ1) is 6.72. The molecule has 0 aliphatic carbocycles. The van der Waals surface area contributed by atoms with Gasteiger partial charge in [0.25, 0.3) is 0 Å². The lowest BCUT2D eigenvalue weighted by Gasteiger charge is -2.10. The quantitative estimate of drug-likeness (QED) is 0.488. The molecule has 1 unspecified atom stereocenters. The van der Waals surface area contributed by atoms with Crippen LogP contribution in [-0.4, -0.2) is 29.3 Å². The summed E-state index contributed by atoms with van der Waals surface area (Å²) < 4.78 is 0. The highest BCUT2D eigenvalue weighted by Crippen LogP contribution is 2.13. The number of nitrogens with two attached hydrogens (primary N) is 1. The van der Waals surface area contributed by atoms with Gasteiger partial charge in [-0.25, -0.2) is 0 Å². The molecule has 4 nitrogen and oxygen atoms in total. The van der Waals surface area contributed by atoms with Gasteiger partial charge < -0.3 is 15.9 Å². The minimum atomic E-state index is -0.738. The van der Waals surface area contributed by atoms with E-state index in [1.807, 2.05) is 0 Å². The summed E-state index contributed by atoms with van der Waals surface area (Å²) in [5, 5.41) is 17.3. The van der Waals surface area contributed by atoms with Crippen molar-refractivity contribution >= 4 is 5.97 Å². The lowest BCUT2D eigenvalue weighted by Crippen LogP contribution is -2.17. The normalized spacial score (nSPS) is 12.7. The van der Waals surface area contributed by atoms with Crippen molar-refractivity contribution in [2.75, 3.05) is 13.2 Å². The molecule has 14 heavy (non-hydrogen) atoms. The van der Waals surface area contributed by atoms with Crippen LogP contribution in [0.3, 0.4) is 0 Å². The Balaban J connectivity index is 3.46. The van der Waals surface area contributed by atoms with Gasteiger partial charge >= 0.3 is 5.97 Å². The predicted octanol–water partition coefficient (Wildman–Crippen LogP) is 0.979. The second kappa shape index (κ2) is 8.97. The Morgan fingerprint density at radius 1 is 1.14 bits per heavy atom. The summed E-state index contributed by atoms with van der Waals surface area (Å²) >= 11 is 0. The summed E-state index contributed by atoms with van der Waals surface area (Å²) in [4.78, 5) is 10.7. The molecule has 84 valence electrons. The number of rotatable bonds is 9. The van der Waals surface area contributed by atoms with E-state index in [1.165, 1.54) is 0 Å². The van der Waals surface area contributed by atoms with Crippen molar-refractivity contribution in [3.05, 3.63) is 0 Å². The molecule has 0 aromatic heterocycles. The number of hydrogen-bond donors (Lipinski definition) is 3. The van der Waals surface area contributed by atoms with E-state index in [0.29, 0.717) is 19.4 Å². The lowest BCUT2D eigenvalue weighted by atomic mass is 9.98. The summed E-state index contributed by atoms with van der Waals surface area (Å²) in [7, 11) is 0. The summed E-state index contributed by atoms with van der Waals surface area (Å²) in [5.74, 6) is -1.02. The number of hydrogen-bond acceptors (Lipinski definition) is 3. The monoisotopic (exact) mass is 203 g/mol. The number of aliphatic carboxylic acids is 1. The van der Waals surface area contributed by atoms with Crippen LogP contribution >= 0.6 is 0 Å². The molecule has 0 heterocycles. The van der Waals surface area contributed by atoms with E-state index in [4.69, 9.17) is 15.9 Å². The topological polar surface area (TPSA) is 83.5 Å². The molecule has 0 fully saturated rings. The minimum Gasteiger partial charge on any atom is -0.481 e. The maximum Gasteiger partial charge on any atom is 0.306 e. The molecule has 4 N–H and O–H groups in total. The SMILES string of the molecule is NCCC(CCCCCCO)C(=O)O. The largest absolute Gasteiger partial charge is 0.481 e. The van der Waals surface area contributed by atoms with Gasteiger partial charge in [0.1, 0.15) is 0 Å². The third kappa shape index (κ3) is 6.86.